The largest absolute Gasteiger partial charge is 0.313 e. The first-order valence-electron chi connectivity index (χ1n) is 5.18. The SMILES string of the molecule is CNC(C)c1cnn(-c2ccc(Cl)cc2)c1. The summed E-state index contributed by atoms with van der Waals surface area (Å²) in [4.78, 5) is 0. The minimum Gasteiger partial charge on any atom is -0.313 e. The topological polar surface area (TPSA) is 29.9 Å². The Balaban J connectivity index is 2.28. The predicted molar refractivity (Wildman–Crippen MR) is 66.0 cm³/mol. The van der Waals surface area contributed by atoms with Gasteiger partial charge in [-0.25, -0.2) is 4.68 Å². The van der Waals surface area contributed by atoms with Crippen LogP contribution in [0.1, 0.15) is 18.5 Å². The average Bonchev–Trinajstić information content (AvgIpc) is 2.78. The molecule has 16 heavy (non-hydrogen) atoms. The van der Waals surface area contributed by atoms with Crippen LogP contribution in [0.3, 0.4) is 0 Å². The standard InChI is InChI=1S/C12H14ClN3/c1-9(14-2)10-7-15-16(8-10)12-5-3-11(13)4-6-12/h3-9,14H,1-2H3. The molecule has 0 bridgehead atoms. The highest BCUT2D eigenvalue weighted by atomic mass is 35.5. The van der Waals surface area contributed by atoms with Crippen molar-refractivity contribution in [3.63, 3.8) is 0 Å². The van der Waals surface area contributed by atoms with Crippen molar-refractivity contribution in [1.82, 2.24) is 15.1 Å². The minimum absolute atomic E-state index is 0.307. The highest BCUT2D eigenvalue weighted by Crippen LogP contribution is 2.16. The van der Waals surface area contributed by atoms with Crippen molar-refractivity contribution in [2.75, 3.05) is 7.05 Å². The predicted octanol–water partition coefficient (Wildman–Crippen LogP) is 2.81. The first-order valence-corrected chi connectivity index (χ1v) is 5.56. The fraction of sp³-hybridized carbons (Fsp3) is 0.250. The van der Waals surface area contributed by atoms with Crippen molar-refractivity contribution >= 4 is 11.6 Å². The van der Waals surface area contributed by atoms with Crippen LogP contribution in [0.15, 0.2) is 36.7 Å². The molecule has 3 nitrogen and oxygen atoms in total. The van der Waals surface area contributed by atoms with Gasteiger partial charge in [0.25, 0.3) is 0 Å². The Morgan fingerprint density at radius 3 is 2.62 bits per heavy atom. The lowest BCUT2D eigenvalue weighted by Gasteiger charge is -2.05. The second kappa shape index (κ2) is 4.68. The molecule has 2 aromatic rings. The summed E-state index contributed by atoms with van der Waals surface area (Å²) >= 11 is 5.84. The second-order valence-corrected chi connectivity index (χ2v) is 4.14. The van der Waals surface area contributed by atoms with E-state index in [2.05, 4.69) is 17.3 Å². The zero-order valence-electron chi connectivity index (χ0n) is 9.31. The van der Waals surface area contributed by atoms with Crippen LogP contribution in [-0.2, 0) is 0 Å². The van der Waals surface area contributed by atoms with E-state index in [4.69, 9.17) is 11.6 Å². The zero-order chi connectivity index (χ0) is 11.5. The van der Waals surface area contributed by atoms with Gasteiger partial charge in [-0.1, -0.05) is 11.6 Å². The molecule has 0 fully saturated rings. The number of benzene rings is 1. The molecule has 2 rings (SSSR count). The van der Waals surface area contributed by atoms with Crippen molar-refractivity contribution in [2.45, 2.75) is 13.0 Å². The molecule has 0 aliphatic rings. The number of rotatable bonds is 3. The van der Waals surface area contributed by atoms with Gasteiger partial charge < -0.3 is 5.32 Å². The maximum Gasteiger partial charge on any atom is 0.0646 e. The molecule has 4 heteroatoms. The molecule has 1 unspecified atom stereocenters. The normalized spacial score (nSPS) is 12.7. The van der Waals surface area contributed by atoms with Gasteiger partial charge in [0.1, 0.15) is 0 Å². The summed E-state index contributed by atoms with van der Waals surface area (Å²) in [5.41, 5.74) is 2.18. The fourth-order valence-electron chi connectivity index (χ4n) is 1.46. The van der Waals surface area contributed by atoms with E-state index in [1.165, 1.54) is 0 Å². The van der Waals surface area contributed by atoms with E-state index in [-0.39, 0.29) is 0 Å². The highest BCUT2D eigenvalue weighted by Gasteiger charge is 2.06. The molecule has 0 aliphatic heterocycles. The Morgan fingerprint density at radius 2 is 2.00 bits per heavy atom. The molecular formula is C12H14ClN3. The van der Waals surface area contributed by atoms with Gasteiger partial charge in [0.2, 0.25) is 0 Å². The van der Waals surface area contributed by atoms with Gasteiger partial charge in [-0.15, -0.1) is 0 Å². The van der Waals surface area contributed by atoms with Crippen LogP contribution in [0, 0.1) is 0 Å². The van der Waals surface area contributed by atoms with E-state index >= 15 is 0 Å². The highest BCUT2D eigenvalue weighted by molar-refractivity contribution is 6.30. The number of nitrogens with zero attached hydrogens (tertiary/aromatic N) is 2. The van der Waals surface area contributed by atoms with Gasteiger partial charge in [-0.2, -0.15) is 5.10 Å². The van der Waals surface area contributed by atoms with E-state index in [9.17, 15) is 0 Å². The van der Waals surface area contributed by atoms with Gasteiger partial charge in [-0.05, 0) is 38.2 Å². The first kappa shape index (κ1) is 11.2. The number of halogens is 1. The van der Waals surface area contributed by atoms with E-state index in [1.807, 2.05) is 48.4 Å². The lowest BCUT2D eigenvalue weighted by atomic mass is 10.2. The lowest BCUT2D eigenvalue weighted by molar-refractivity contribution is 0.652. The summed E-state index contributed by atoms with van der Waals surface area (Å²) < 4.78 is 1.85. The van der Waals surface area contributed by atoms with Crippen molar-refractivity contribution < 1.29 is 0 Å². The molecule has 0 amide bonds. The van der Waals surface area contributed by atoms with Gasteiger partial charge in [-0.3, -0.25) is 0 Å². The molecule has 1 aromatic carbocycles. The Kier molecular flexibility index (Phi) is 3.27. The maximum absolute atomic E-state index is 5.84. The summed E-state index contributed by atoms with van der Waals surface area (Å²) in [6, 6.07) is 7.92. The van der Waals surface area contributed by atoms with E-state index in [1.54, 1.807) is 0 Å². The molecule has 0 aliphatic carbocycles. The third kappa shape index (κ3) is 2.26. The number of hydrogen-bond acceptors (Lipinski definition) is 2. The summed E-state index contributed by atoms with van der Waals surface area (Å²) in [7, 11) is 1.93. The summed E-state index contributed by atoms with van der Waals surface area (Å²) in [6.45, 7) is 2.10. The van der Waals surface area contributed by atoms with Crippen molar-refractivity contribution in [3.8, 4) is 5.69 Å². The fourth-order valence-corrected chi connectivity index (χ4v) is 1.59. The Labute approximate surface area is 100 Å². The molecule has 1 N–H and O–H groups in total. The molecule has 0 saturated carbocycles. The van der Waals surface area contributed by atoms with Crippen molar-refractivity contribution in [1.29, 1.82) is 0 Å². The van der Waals surface area contributed by atoms with E-state index in [0.717, 1.165) is 16.3 Å². The first-order chi connectivity index (χ1) is 7.70. The van der Waals surface area contributed by atoms with Crippen LogP contribution in [-0.4, -0.2) is 16.8 Å². The van der Waals surface area contributed by atoms with E-state index < -0.39 is 0 Å². The van der Waals surface area contributed by atoms with Crippen LogP contribution >= 0.6 is 11.6 Å². The summed E-state index contributed by atoms with van der Waals surface area (Å²) in [6.07, 6.45) is 3.89. The third-order valence-corrected chi connectivity index (χ3v) is 2.88. The van der Waals surface area contributed by atoms with Crippen LogP contribution in [0.2, 0.25) is 5.02 Å². The van der Waals surface area contributed by atoms with E-state index in [0.29, 0.717) is 6.04 Å². The quantitative estimate of drug-likeness (QED) is 0.887. The Bertz CT molecular complexity index is 461. The van der Waals surface area contributed by atoms with Gasteiger partial charge in [0.15, 0.2) is 0 Å². The number of aromatic nitrogens is 2. The maximum atomic E-state index is 5.84. The molecule has 1 heterocycles. The summed E-state index contributed by atoms with van der Waals surface area (Å²) in [5.74, 6) is 0. The molecule has 1 atom stereocenters. The van der Waals surface area contributed by atoms with Gasteiger partial charge in [0, 0.05) is 22.8 Å². The Hall–Kier alpha value is -1.32. The molecule has 0 spiro atoms. The zero-order valence-corrected chi connectivity index (χ0v) is 10.1. The molecule has 0 saturated heterocycles. The van der Waals surface area contributed by atoms with Crippen molar-refractivity contribution in [2.24, 2.45) is 0 Å². The molecule has 84 valence electrons. The van der Waals surface area contributed by atoms with Crippen LogP contribution in [0.25, 0.3) is 5.69 Å². The van der Waals surface area contributed by atoms with Crippen LogP contribution in [0.5, 0.6) is 0 Å². The lowest BCUT2D eigenvalue weighted by Crippen LogP contribution is -2.11. The smallest absolute Gasteiger partial charge is 0.0646 e. The monoisotopic (exact) mass is 235 g/mol. The minimum atomic E-state index is 0.307. The molecule has 0 radical (unpaired) electrons. The average molecular weight is 236 g/mol. The van der Waals surface area contributed by atoms with Crippen molar-refractivity contribution in [3.05, 3.63) is 47.2 Å². The second-order valence-electron chi connectivity index (χ2n) is 3.71. The van der Waals surface area contributed by atoms with Crippen LogP contribution < -0.4 is 5.32 Å². The molecule has 1 aromatic heterocycles. The Morgan fingerprint density at radius 1 is 1.31 bits per heavy atom. The van der Waals surface area contributed by atoms with Gasteiger partial charge >= 0.3 is 0 Å². The molecular weight excluding hydrogens is 222 g/mol. The number of hydrogen-bond donors (Lipinski definition) is 1. The van der Waals surface area contributed by atoms with Gasteiger partial charge in [0.05, 0.1) is 11.9 Å². The third-order valence-electron chi connectivity index (χ3n) is 2.63. The van der Waals surface area contributed by atoms with Crippen LogP contribution in [0.4, 0.5) is 0 Å². The number of nitrogens with one attached hydrogen (secondary N) is 1. The summed E-state index contributed by atoms with van der Waals surface area (Å²) in [5, 5.41) is 8.24.